The fourth-order valence-corrected chi connectivity index (χ4v) is 2.49. The lowest BCUT2D eigenvalue weighted by Gasteiger charge is -2.38. The number of carbonyl (C=O) groups is 1. The summed E-state index contributed by atoms with van der Waals surface area (Å²) in [5.74, 6) is 0.120. The van der Waals surface area contributed by atoms with E-state index in [-0.39, 0.29) is 17.0 Å². The second-order valence-electron chi connectivity index (χ2n) is 5.25. The topological polar surface area (TPSA) is 63.4 Å². The molecule has 0 N–H and O–H groups in total. The van der Waals surface area contributed by atoms with Gasteiger partial charge in [-0.3, -0.25) is 14.9 Å². The van der Waals surface area contributed by atoms with Gasteiger partial charge >= 0.3 is 0 Å². The van der Waals surface area contributed by atoms with Crippen molar-refractivity contribution in [1.29, 1.82) is 0 Å². The van der Waals surface area contributed by atoms with Crippen molar-refractivity contribution in [3.63, 3.8) is 0 Å². The molecule has 1 atom stereocenters. The predicted molar refractivity (Wildman–Crippen MR) is 73.1 cm³/mol. The van der Waals surface area contributed by atoms with Gasteiger partial charge in [0.25, 0.3) is 5.69 Å². The first kappa shape index (κ1) is 13.5. The molecule has 1 aromatic rings. The van der Waals surface area contributed by atoms with Crippen LogP contribution in [0.1, 0.15) is 33.1 Å². The van der Waals surface area contributed by atoms with E-state index in [2.05, 4.69) is 0 Å². The zero-order valence-electron chi connectivity index (χ0n) is 11.3. The number of nitro benzene ring substituents is 1. The Balaban J connectivity index is 2.26. The minimum absolute atomic E-state index is 0.0476. The number of amides is 1. The Morgan fingerprint density at radius 2 is 2.00 bits per heavy atom. The summed E-state index contributed by atoms with van der Waals surface area (Å²) < 4.78 is 0. The first-order valence-corrected chi connectivity index (χ1v) is 6.54. The molecule has 0 aliphatic carbocycles. The van der Waals surface area contributed by atoms with Gasteiger partial charge in [0.1, 0.15) is 0 Å². The van der Waals surface area contributed by atoms with E-state index in [4.69, 9.17) is 0 Å². The Hall–Kier alpha value is -1.91. The van der Waals surface area contributed by atoms with Gasteiger partial charge in [0.15, 0.2) is 0 Å². The van der Waals surface area contributed by atoms with Gasteiger partial charge in [-0.2, -0.15) is 0 Å². The summed E-state index contributed by atoms with van der Waals surface area (Å²) in [5, 5.41) is 10.6. The quantitative estimate of drug-likeness (QED) is 0.621. The molecule has 0 spiro atoms. The van der Waals surface area contributed by atoms with Crippen LogP contribution in [0.15, 0.2) is 24.3 Å². The molecule has 102 valence electrons. The summed E-state index contributed by atoms with van der Waals surface area (Å²) in [6.07, 6.45) is 2.69. The van der Waals surface area contributed by atoms with Crippen LogP contribution < -0.4 is 4.90 Å². The maximum atomic E-state index is 12.5. The Morgan fingerprint density at radius 1 is 1.37 bits per heavy atom. The monoisotopic (exact) mass is 262 g/mol. The molecule has 1 amide bonds. The summed E-state index contributed by atoms with van der Waals surface area (Å²) in [6, 6.07) is 6.19. The summed E-state index contributed by atoms with van der Waals surface area (Å²) in [5.41, 5.74) is 0.487. The van der Waals surface area contributed by atoms with Crippen LogP contribution >= 0.6 is 0 Å². The number of nitro groups is 1. The molecule has 1 aromatic carbocycles. The molecule has 5 nitrogen and oxygen atoms in total. The lowest BCUT2D eigenvalue weighted by molar-refractivity contribution is -0.384. The van der Waals surface area contributed by atoms with Gasteiger partial charge in [0.2, 0.25) is 5.91 Å². The van der Waals surface area contributed by atoms with Crippen LogP contribution in [0.3, 0.4) is 0 Å². The average Bonchev–Trinajstić information content (AvgIpc) is 2.42. The third kappa shape index (κ3) is 2.45. The molecule has 1 aliphatic heterocycles. The van der Waals surface area contributed by atoms with Crippen LogP contribution in [0, 0.1) is 15.5 Å². The zero-order chi connectivity index (χ0) is 14.0. The van der Waals surface area contributed by atoms with Crippen molar-refractivity contribution < 1.29 is 9.72 Å². The number of carbonyl (C=O) groups excluding carboxylic acids is 1. The van der Waals surface area contributed by atoms with E-state index in [1.54, 1.807) is 17.0 Å². The first-order valence-electron chi connectivity index (χ1n) is 6.54. The summed E-state index contributed by atoms with van der Waals surface area (Å²) in [4.78, 5) is 24.4. The van der Waals surface area contributed by atoms with Crippen LogP contribution in [0.25, 0.3) is 0 Å². The van der Waals surface area contributed by atoms with Crippen LogP contribution in [0.5, 0.6) is 0 Å². The molecule has 2 rings (SSSR count). The van der Waals surface area contributed by atoms with Crippen molar-refractivity contribution in [3.05, 3.63) is 34.4 Å². The molecule has 1 fully saturated rings. The molecule has 1 heterocycles. The minimum atomic E-state index is -0.433. The smallest absolute Gasteiger partial charge is 0.269 e. The third-order valence-corrected chi connectivity index (χ3v) is 4.02. The van der Waals surface area contributed by atoms with E-state index < -0.39 is 4.92 Å². The van der Waals surface area contributed by atoms with Gasteiger partial charge in [-0.15, -0.1) is 0 Å². The molecule has 19 heavy (non-hydrogen) atoms. The lowest BCUT2D eigenvalue weighted by Crippen LogP contribution is -2.47. The van der Waals surface area contributed by atoms with Crippen molar-refractivity contribution in [1.82, 2.24) is 0 Å². The molecular weight excluding hydrogens is 244 g/mol. The molecular formula is C14H18N2O3. The largest absolute Gasteiger partial charge is 0.312 e. The summed E-state index contributed by atoms with van der Waals surface area (Å²) >= 11 is 0. The second kappa shape index (κ2) is 4.99. The molecule has 0 aromatic heterocycles. The molecule has 1 saturated heterocycles. The first-order chi connectivity index (χ1) is 8.98. The standard InChI is InChI=1S/C14H18N2O3/c1-3-14(2)9-4-10-15(13(14)17)11-5-7-12(8-6-11)16(18)19/h5-8H,3-4,9-10H2,1-2H3. The summed E-state index contributed by atoms with van der Waals surface area (Å²) in [7, 11) is 0. The predicted octanol–water partition coefficient (Wildman–Crippen LogP) is 3.14. The maximum absolute atomic E-state index is 12.5. The van der Waals surface area contributed by atoms with Gasteiger partial charge < -0.3 is 4.90 Å². The van der Waals surface area contributed by atoms with Crippen molar-refractivity contribution in [2.45, 2.75) is 33.1 Å². The van der Waals surface area contributed by atoms with Crippen molar-refractivity contribution >= 4 is 17.3 Å². The molecule has 0 saturated carbocycles. The van der Waals surface area contributed by atoms with E-state index in [1.165, 1.54) is 12.1 Å². The number of anilines is 1. The van der Waals surface area contributed by atoms with Crippen LogP contribution in [0.2, 0.25) is 0 Å². The zero-order valence-corrected chi connectivity index (χ0v) is 11.3. The van der Waals surface area contributed by atoms with Gasteiger partial charge in [0, 0.05) is 29.8 Å². The molecule has 0 bridgehead atoms. The van der Waals surface area contributed by atoms with Gasteiger partial charge in [-0.25, -0.2) is 0 Å². The molecule has 0 radical (unpaired) electrons. The van der Waals surface area contributed by atoms with E-state index in [0.29, 0.717) is 6.54 Å². The molecule has 1 aliphatic rings. The number of hydrogen-bond donors (Lipinski definition) is 0. The molecule has 5 heteroatoms. The highest BCUT2D eigenvalue weighted by Crippen LogP contribution is 2.36. The highest BCUT2D eigenvalue weighted by Gasteiger charge is 2.38. The fourth-order valence-electron chi connectivity index (χ4n) is 2.49. The number of nitrogens with zero attached hydrogens (tertiary/aromatic N) is 2. The number of non-ortho nitro benzene ring substituents is 1. The third-order valence-electron chi connectivity index (χ3n) is 4.02. The van der Waals surface area contributed by atoms with Crippen molar-refractivity contribution in [3.8, 4) is 0 Å². The van der Waals surface area contributed by atoms with Crippen LogP contribution in [0.4, 0.5) is 11.4 Å². The lowest BCUT2D eigenvalue weighted by atomic mass is 9.78. The average molecular weight is 262 g/mol. The number of piperidine rings is 1. The van der Waals surface area contributed by atoms with E-state index in [1.807, 2.05) is 13.8 Å². The van der Waals surface area contributed by atoms with Crippen molar-refractivity contribution in [2.24, 2.45) is 5.41 Å². The van der Waals surface area contributed by atoms with Crippen molar-refractivity contribution in [2.75, 3.05) is 11.4 Å². The SMILES string of the molecule is CCC1(C)CCCN(c2ccc([N+](=O)[O-])cc2)C1=O. The minimum Gasteiger partial charge on any atom is -0.312 e. The van der Waals surface area contributed by atoms with E-state index >= 15 is 0 Å². The summed E-state index contributed by atoms with van der Waals surface area (Å²) in [6.45, 7) is 4.70. The Bertz CT molecular complexity index is 498. The number of hydrogen-bond acceptors (Lipinski definition) is 3. The maximum Gasteiger partial charge on any atom is 0.269 e. The Morgan fingerprint density at radius 3 is 2.53 bits per heavy atom. The Kier molecular flexibility index (Phi) is 3.55. The fraction of sp³-hybridized carbons (Fsp3) is 0.500. The van der Waals surface area contributed by atoms with Gasteiger partial charge in [0.05, 0.1) is 4.92 Å². The van der Waals surface area contributed by atoms with Crippen LogP contribution in [-0.2, 0) is 4.79 Å². The molecule has 1 unspecified atom stereocenters. The normalized spacial score (nSPS) is 23.5. The Labute approximate surface area is 112 Å². The second-order valence-corrected chi connectivity index (χ2v) is 5.25. The number of benzene rings is 1. The highest BCUT2D eigenvalue weighted by molar-refractivity contribution is 5.98. The van der Waals surface area contributed by atoms with E-state index in [9.17, 15) is 14.9 Å². The van der Waals surface area contributed by atoms with Crippen LogP contribution in [-0.4, -0.2) is 17.4 Å². The number of rotatable bonds is 3. The van der Waals surface area contributed by atoms with Gasteiger partial charge in [-0.1, -0.05) is 13.8 Å². The highest BCUT2D eigenvalue weighted by atomic mass is 16.6. The van der Waals surface area contributed by atoms with E-state index in [0.717, 1.165) is 24.9 Å². The van der Waals surface area contributed by atoms with Gasteiger partial charge in [-0.05, 0) is 31.4 Å².